The Labute approximate surface area is 134 Å². The second-order valence-corrected chi connectivity index (χ2v) is 4.73. The number of hydrogen-bond acceptors (Lipinski definition) is 4. The maximum atomic E-state index is 11.5. The number of rotatable bonds is 6. The third kappa shape index (κ3) is 4.51. The van der Waals surface area contributed by atoms with Crippen LogP contribution in [0.2, 0.25) is 0 Å². The molecule has 0 saturated heterocycles. The minimum absolute atomic E-state index is 0.0320. The largest absolute Gasteiger partial charge is 0.457 e. The SMILES string of the molecule is C#[N+]N/C(N)=C(\Cc1ccc(Oc2ccccc2)cc1)C(N)=O. The molecule has 5 N–H and O–H groups in total. The first-order chi connectivity index (χ1) is 11.1. The first kappa shape index (κ1) is 15.9. The highest BCUT2D eigenvalue weighted by Crippen LogP contribution is 2.22. The van der Waals surface area contributed by atoms with Gasteiger partial charge >= 0.3 is 6.57 Å². The van der Waals surface area contributed by atoms with Crippen LogP contribution >= 0.6 is 0 Å². The minimum atomic E-state index is -0.636. The first-order valence-electron chi connectivity index (χ1n) is 6.86. The number of hydrogen-bond donors (Lipinski definition) is 3. The molecule has 2 aromatic carbocycles. The highest BCUT2D eigenvalue weighted by atomic mass is 16.5. The molecular weight excluding hydrogens is 292 g/mol. The van der Waals surface area contributed by atoms with Gasteiger partial charge < -0.3 is 16.2 Å². The quantitative estimate of drug-likeness (QED) is 0.563. The maximum Gasteiger partial charge on any atom is 0.305 e. The smallest absolute Gasteiger partial charge is 0.305 e. The number of amides is 1. The lowest BCUT2D eigenvalue weighted by atomic mass is 10.0. The van der Waals surface area contributed by atoms with Crippen molar-refractivity contribution in [1.82, 2.24) is 5.43 Å². The Balaban J connectivity index is 2.12. The molecule has 0 radical (unpaired) electrons. The van der Waals surface area contributed by atoms with Gasteiger partial charge in [0.25, 0.3) is 0 Å². The lowest BCUT2D eigenvalue weighted by Gasteiger charge is -2.08. The van der Waals surface area contributed by atoms with Gasteiger partial charge in [-0.2, -0.15) is 0 Å². The summed E-state index contributed by atoms with van der Waals surface area (Å²) in [5, 5.41) is 0. The summed E-state index contributed by atoms with van der Waals surface area (Å²) in [5.41, 5.74) is 14.4. The molecule has 0 heterocycles. The second-order valence-electron chi connectivity index (χ2n) is 4.73. The average molecular weight is 309 g/mol. The zero-order valence-electron chi connectivity index (χ0n) is 12.4. The van der Waals surface area contributed by atoms with E-state index >= 15 is 0 Å². The molecule has 0 atom stereocenters. The van der Waals surface area contributed by atoms with Crippen LogP contribution in [0, 0.1) is 6.57 Å². The molecule has 6 heteroatoms. The van der Waals surface area contributed by atoms with Crippen LogP contribution in [0.25, 0.3) is 4.95 Å². The van der Waals surface area contributed by atoms with E-state index in [0.29, 0.717) is 5.75 Å². The van der Waals surface area contributed by atoms with Gasteiger partial charge in [-0.25, -0.2) is 0 Å². The lowest BCUT2D eigenvalue weighted by Crippen LogP contribution is -2.25. The zero-order chi connectivity index (χ0) is 16.7. The molecule has 6 nitrogen and oxygen atoms in total. The van der Waals surface area contributed by atoms with Crippen molar-refractivity contribution in [2.45, 2.75) is 6.42 Å². The Morgan fingerprint density at radius 1 is 1.04 bits per heavy atom. The van der Waals surface area contributed by atoms with E-state index in [0.717, 1.165) is 11.3 Å². The van der Waals surface area contributed by atoms with E-state index in [4.69, 9.17) is 22.8 Å². The Hall–Kier alpha value is -3.46. The Bertz CT molecular complexity index is 746. The van der Waals surface area contributed by atoms with Crippen LogP contribution in [0.15, 0.2) is 66.0 Å². The van der Waals surface area contributed by atoms with Crippen molar-refractivity contribution in [3.8, 4) is 18.1 Å². The fourth-order valence-corrected chi connectivity index (χ4v) is 1.96. The van der Waals surface area contributed by atoms with E-state index < -0.39 is 5.91 Å². The standard InChI is InChI=1S/C17H16N4O2/c1-20-21-16(18)15(17(19)22)11-12-7-9-14(10-8-12)23-13-5-3-2-4-6-13/h1-10H,11H2,(H4-,18,19,21,22)/p+1. The highest BCUT2D eigenvalue weighted by molar-refractivity contribution is 5.93. The number of nitrogens with zero attached hydrogens (tertiary/aromatic N) is 1. The van der Waals surface area contributed by atoms with E-state index in [2.05, 4.69) is 10.4 Å². The van der Waals surface area contributed by atoms with Gasteiger partial charge in [-0.15, -0.1) is 0 Å². The number of benzene rings is 2. The lowest BCUT2D eigenvalue weighted by molar-refractivity contribution is -0.114. The molecule has 0 aliphatic rings. The van der Waals surface area contributed by atoms with Crippen molar-refractivity contribution >= 4 is 5.91 Å². The van der Waals surface area contributed by atoms with E-state index in [-0.39, 0.29) is 17.8 Å². The van der Waals surface area contributed by atoms with Crippen molar-refractivity contribution in [2.24, 2.45) is 11.5 Å². The predicted octanol–water partition coefficient (Wildman–Crippen LogP) is 2.14. The van der Waals surface area contributed by atoms with Crippen molar-refractivity contribution in [3.05, 3.63) is 76.5 Å². The molecule has 0 saturated carbocycles. The zero-order valence-corrected chi connectivity index (χ0v) is 12.4. The summed E-state index contributed by atoms with van der Waals surface area (Å²) in [6.45, 7) is 4.99. The summed E-state index contributed by atoms with van der Waals surface area (Å²) in [7, 11) is 0. The average Bonchev–Trinajstić information content (AvgIpc) is 2.55. The van der Waals surface area contributed by atoms with Crippen LogP contribution in [0.4, 0.5) is 0 Å². The van der Waals surface area contributed by atoms with E-state index in [1.165, 1.54) is 0 Å². The maximum absolute atomic E-state index is 11.5. The summed E-state index contributed by atoms with van der Waals surface area (Å²) < 4.78 is 5.70. The number of nitrogens with one attached hydrogen (secondary N) is 1. The van der Waals surface area contributed by atoms with Crippen LogP contribution in [0.5, 0.6) is 11.5 Å². The van der Waals surface area contributed by atoms with Gasteiger partial charge in [0.1, 0.15) is 11.5 Å². The molecule has 2 aromatic rings. The Kier molecular flexibility index (Phi) is 5.21. The molecule has 116 valence electrons. The van der Waals surface area contributed by atoms with E-state index in [1.54, 1.807) is 12.1 Å². The molecule has 1 amide bonds. The molecule has 0 fully saturated rings. The molecule has 23 heavy (non-hydrogen) atoms. The molecule has 0 unspecified atom stereocenters. The Morgan fingerprint density at radius 2 is 1.65 bits per heavy atom. The topological polar surface area (TPSA) is 94.7 Å². The van der Waals surface area contributed by atoms with Crippen LogP contribution in [0.3, 0.4) is 0 Å². The van der Waals surface area contributed by atoms with Crippen LogP contribution < -0.4 is 21.6 Å². The summed E-state index contributed by atoms with van der Waals surface area (Å²) in [6.07, 6.45) is 0.259. The molecule has 0 bridgehead atoms. The van der Waals surface area contributed by atoms with Crippen LogP contribution in [-0.4, -0.2) is 5.91 Å². The molecule has 2 rings (SSSR count). The minimum Gasteiger partial charge on any atom is -0.457 e. The van der Waals surface area contributed by atoms with E-state index in [1.807, 2.05) is 42.5 Å². The van der Waals surface area contributed by atoms with Gasteiger partial charge in [0.05, 0.1) is 10.5 Å². The first-order valence-corrected chi connectivity index (χ1v) is 6.86. The molecule has 0 spiro atoms. The second kappa shape index (κ2) is 7.52. The van der Waals surface area contributed by atoms with Crippen molar-refractivity contribution in [2.75, 3.05) is 0 Å². The predicted molar refractivity (Wildman–Crippen MR) is 88.5 cm³/mol. The number of carbonyl (C=O) groups excluding carboxylic acids is 1. The van der Waals surface area contributed by atoms with Crippen molar-refractivity contribution < 1.29 is 9.53 Å². The van der Waals surface area contributed by atoms with Crippen LogP contribution in [0.1, 0.15) is 5.56 Å². The van der Waals surface area contributed by atoms with Gasteiger partial charge in [-0.1, -0.05) is 30.3 Å². The summed E-state index contributed by atoms with van der Waals surface area (Å²) >= 11 is 0. The van der Waals surface area contributed by atoms with Gasteiger partial charge in [0, 0.05) is 6.42 Å². The third-order valence-corrected chi connectivity index (χ3v) is 3.09. The summed E-state index contributed by atoms with van der Waals surface area (Å²) in [6, 6.07) is 16.7. The van der Waals surface area contributed by atoms with Gasteiger partial charge in [-0.3, -0.25) is 4.79 Å². The molecular formula is C17H17N4O2+. The Morgan fingerprint density at radius 3 is 2.22 bits per heavy atom. The monoisotopic (exact) mass is 309 g/mol. The molecule has 0 aliphatic heterocycles. The van der Waals surface area contributed by atoms with Gasteiger partial charge in [-0.05, 0) is 35.3 Å². The van der Waals surface area contributed by atoms with Gasteiger partial charge in [0.15, 0.2) is 5.82 Å². The number of para-hydroxylation sites is 1. The summed E-state index contributed by atoms with van der Waals surface area (Å²) in [5.74, 6) is 0.830. The fourth-order valence-electron chi connectivity index (χ4n) is 1.96. The van der Waals surface area contributed by atoms with Crippen LogP contribution in [-0.2, 0) is 11.2 Å². The fraction of sp³-hybridized carbons (Fsp3) is 0.0588. The molecule has 0 aliphatic carbocycles. The third-order valence-electron chi connectivity index (χ3n) is 3.09. The number of carbonyl (C=O) groups is 1. The van der Waals surface area contributed by atoms with Gasteiger partial charge in [0.2, 0.25) is 5.91 Å². The number of ether oxygens (including phenoxy) is 1. The molecule has 0 aromatic heterocycles. The summed E-state index contributed by atoms with van der Waals surface area (Å²) in [4.78, 5) is 14.6. The van der Waals surface area contributed by atoms with Crippen molar-refractivity contribution in [1.29, 1.82) is 0 Å². The van der Waals surface area contributed by atoms with Crippen molar-refractivity contribution in [3.63, 3.8) is 0 Å². The number of primary amides is 1. The highest BCUT2D eigenvalue weighted by Gasteiger charge is 2.13. The van der Waals surface area contributed by atoms with E-state index in [9.17, 15) is 4.79 Å². The number of nitrogens with two attached hydrogens (primary N) is 2. The normalized spacial score (nSPS) is 11.1.